The minimum absolute atomic E-state index is 0.137. The average molecular weight is 314 g/mol. The molecule has 0 aliphatic heterocycles. The van der Waals surface area contributed by atoms with Gasteiger partial charge in [-0.05, 0) is 33.2 Å². The predicted octanol–water partition coefficient (Wildman–Crippen LogP) is 6.92. The second-order valence-corrected chi connectivity index (χ2v) is 6.56. The van der Waals surface area contributed by atoms with E-state index < -0.39 is 0 Å². The van der Waals surface area contributed by atoms with Gasteiger partial charge in [0.25, 0.3) is 0 Å². The summed E-state index contributed by atoms with van der Waals surface area (Å²) in [6.45, 7) is 4.34. The van der Waals surface area contributed by atoms with Crippen molar-refractivity contribution in [3.8, 4) is 11.1 Å². The molecule has 24 heavy (non-hydrogen) atoms. The van der Waals surface area contributed by atoms with Crippen molar-refractivity contribution in [1.82, 2.24) is 0 Å². The van der Waals surface area contributed by atoms with Crippen LogP contribution in [-0.2, 0) is 0 Å². The van der Waals surface area contributed by atoms with Crippen LogP contribution in [0.25, 0.3) is 32.7 Å². The van der Waals surface area contributed by atoms with Crippen molar-refractivity contribution in [3.63, 3.8) is 0 Å². The molecule has 0 radical (unpaired) electrons. The zero-order valence-corrected chi connectivity index (χ0v) is 13.9. The van der Waals surface area contributed by atoms with Gasteiger partial charge < -0.3 is 0 Å². The Morgan fingerprint density at radius 2 is 1.12 bits per heavy atom. The van der Waals surface area contributed by atoms with Crippen molar-refractivity contribution in [2.24, 2.45) is 0 Å². The van der Waals surface area contributed by atoms with E-state index in [2.05, 4.69) is 32.0 Å². The summed E-state index contributed by atoms with van der Waals surface area (Å²) in [7, 11) is 0. The Hall–Kier alpha value is -2.67. The maximum absolute atomic E-state index is 15.3. The highest BCUT2D eigenvalue weighted by molar-refractivity contribution is 6.14. The lowest BCUT2D eigenvalue weighted by atomic mass is 9.91. The molecule has 0 saturated heterocycles. The molecule has 0 fully saturated rings. The van der Waals surface area contributed by atoms with Crippen molar-refractivity contribution in [3.05, 3.63) is 84.2 Å². The SMILES string of the molecule is CC(C)c1ccc(-c2c(F)c3ccccc3c3ccccc23)cc1. The minimum Gasteiger partial charge on any atom is -0.206 e. The lowest BCUT2D eigenvalue weighted by Gasteiger charge is -2.14. The Morgan fingerprint density at radius 1 is 0.625 bits per heavy atom. The molecule has 4 rings (SSSR count). The van der Waals surface area contributed by atoms with E-state index in [1.54, 1.807) is 0 Å². The fourth-order valence-corrected chi connectivity index (χ4v) is 3.42. The lowest BCUT2D eigenvalue weighted by molar-refractivity contribution is 0.644. The molecule has 4 aromatic carbocycles. The van der Waals surface area contributed by atoms with Gasteiger partial charge in [-0.1, -0.05) is 86.6 Å². The summed E-state index contributed by atoms with van der Waals surface area (Å²) < 4.78 is 15.3. The van der Waals surface area contributed by atoms with Crippen LogP contribution >= 0.6 is 0 Å². The minimum atomic E-state index is -0.137. The first-order valence-electron chi connectivity index (χ1n) is 8.36. The summed E-state index contributed by atoms with van der Waals surface area (Å²) in [5, 5.41) is 3.70. The quantitative estimate of drug-likeness (QED) is 0.352. The molecule has 4 aromatic rings. The predicted molar refractivity (Wildman–Crippen MR) is 101 cm³/mol. The molecule has 0 aromatic heterocycles. The monoisotopic (exact) mass is 314 g/mol. The molecule has 0 bridgehead atoms. The number of hydrogen-bond acceptors (Lipinski definition) is 0. The van der Waals surface area contributed by atoms with Gasteiger partial charge in [0.2, 0.25) is 0 Å². The molecule has 0 spiro atoms. The summed E-state index contributed by atoms with van der Waals surface area (Å²) in [5.74, 6) is 0.332. The van der Waals surface area contributed by atoms with Crippen molar-refractivity contribution in [2.45, 2.75) is 19.8 Å². The smallest absolute Gasteiger partial charge is 0.139 e. The molecular weight excluding hydrogens is 295 g/mol. The van der Waals surface area contributed by atoms with Crippen LogP contribution in [0, 0.1) is 5.82 Å². The topological polar surface area (TPSA) is 0 Å². The van der Waals surface area contributed by atoms with Gasteiger partial charge in [-0.3, -0.25) is 0 Å². The van der Waals surface area contributed by atoms with Gasteiger partial charge in [0.15, 0.2) is 0 Å². The molecule has 0 nitrogen and oxygen atoms in total. The van der Waals surface area contributed by atoms with Crippen molar-refractivity contribution in [1.29, 1.82) is 0 Å². The second kappa shape index (κ2) is 5.76. The van der Waals surface area contributed by atoms with Crippen molar-refractivity contribution in [2.75, 3.05) is 0 Å². The third-order valence-corrected chi connectivity index (χ3v) is 4.74. The fourth-order valence-electron chi connectivity index (χ4n) is 3.42. The van der Waals surface area contributed by atoms with E-state index in [1.165, 1.54) is 5.56 Å². The zero-order chi connectivity index (χ0) is 16.7. The van der Waals surface area contributed by atoms with Gasteiger partial charge >= 0.3 is 0 Å². The van der Waals surface area contributed by atoms with Crippen molar-refractivity contribution >= 4 is 21.5 Å². The average Bonchev–Trinajstić information content (AvgIpc) is 2.62. The van der Waals surface area contributed by atoms with E-state index >= 15 is 4.39 Å². The van der Waals surface area contributed by atoms with Gasteiger partial charge in [0, 0.05) is 10.9 Å². The van der Waals surface area contributed by atoms with E-state index in [-0.39, 0.29) is 5.82 Å². The molecule has 0 N–H and O–H groups in total. The number of rotatable bonds is 2. The summed E-state index contributed by atoms with van der Waals surface area (Å²) >= 11 is 0. The van der Waals surface area contributed by atoms with E-state index in [0.717, 1.165) is 21.7 Å². The lowest BCUT2D eigenvalue weighted by Crippen LogP contribution is -1.92. The molecule has 0 saturated carbocycles. The van der Waals surface area contributed by atoms with Crippen LogP contribution in [0.1, 0.15) is 25.3 Å². The maximum atomic E-state index is 15.3. The van der Waals surface area contributed by atoms with Crippen LogP contribution < -0.4 is 0 Å². The maximum Gasteiger partial charge on any atom is 0.139 e. The fraction of sp³-hybridized carbons (Fsp3) is 0.130. The normalized spacial score (nSPS) is 11.5. The van der Waals surface area contributed by atoms with Crippen LogP contribution in [0.5, 0.6) is 0 Å². The highest BCUT2D eigenvalue weighted by Crippen LogP contribution is 2.38. The molecule has 0 amide bonds. The molecular formula is C23H19F. The van der Waals surface area contributed by atoms with Crippen LogP contribution in [0.4, 0.5) is 4.39 Å². The Balaban J connectivity index is 2.08. The molecule has 0 heterocycles. The van der Waals surface area contributed by atoms with Gasteiger partial charge in [-0.2, -0.15) is 0 Å². The summed E-state index contributed by atoms with van der Waals surface area (Å²) in [6, 6.07) is 24.1. The Morgan fingerprint density at radius 3 is 1.71 bits per heavy atom. The number of fused-ring (bicyclic) bond motifs is 3. The standard InChI is InChI=1S/C23H19F/c1-15(2)16-11-13-17(14-12-16)22-20-9-5-3-7-18(20)19-8-4-6-10-21(19)23(22)24/h3-15H,1-2H3. The molecule has 0 aliphatic rings. The van der Waals surface area contributed by atoms with Crippen LogP contribution in [-0.4, -0.2) is 0 Å². The number of hydrogen-bond donors (Lipinski definition) is 0. The van der Waals surface area contributed by atoms with Crippen LogP contribution in [0.15, 0.2) is 72.8 Å². The molecule has 0 atom stereocenters. The Labute approximate surface area is 141 Å². The van der Waals surface area contributed by atoms with Crippen LogP contribution in [0.2, 0.25) is 0 Å². The van der Waals surface area contributed by atoms with E-state index in [0.29, 0.717) is 16.9 Å². The third kappa shape index (κ3) is 2.28. The van der Waals surface area contributed by atoms with Crippen molar-refractivity contribution < 1.29 is 4.39 Å². The van der Waals surface area contributed by atoms with Gasteiger partial charge in [0.1, 0.15) is 5.82 Å². The third-order valence-electron chi connectivity index (χ3n) is 4.74. The zero-order valence-electron chi connectivity index (χ0n) is 13.9. The van der Waals surface area contributed by atoms with Gasteiger partial charge in [-0.25, -0.2) is 4.39 Å². The number of halogens is 1. The van der Waals surface area contributed by atoms with E-state index in [4.69, 9.17) is 0 Å². The number of benzene rings is 4. The largest absolute Gasteiger partial charge is 0.206 e. The highest BCUT2D eigenvalue weighted by atomic mass is 19.1. The molecule has 0 unspecified atom stereocenters. The van der Waals surface area contributed by atoms with E-state index in [9.17, 15) is 0 Å². The first-order chi connectivity index (χ1) is 11.7. The summed E-state index contributed by atoms with van der Waals surface area (Å²) in [4.78, 5) is 0. The van der Waals surface area contributed by atoms with Crippen LogP contribution in [0.3, 0.4) is 0 Å². The van der Waals surface area contributed by atoms with E-state index in [1.807, 2.05) is 54.6 Å². The first kappa shape index (κ1) is 14.9. The van der Waals surface area contributed by atoms with Gasteiger partial charge in [0.05, 0.1) is 0 Å². The molecule has 1 heteroatoms. The Kier molecular flexibility index (Phi) is 3.57. The summed E-state index contributed by atoms with van der Waals surface area (Å²) in [6.07, 6.45) is 0. The summed E-state index contributed by atoms with van der Waals surface area (Å²) in [5.41, 5.74) is 2.89. The first-order valence-corrected chi connectivity index (χ1v) is 8.36. The Bertz CT molecular complexity index is 1030. The second-order valence-electron chi connectivity index (χ2n) is 6.56. The highest BCUT2D eigenvalue weighted by Gasteiger charge is 2.15. The molecule has 118 valence electrons. The molecule has 0 aliphatic carbocycles. The van der Waals surface area contributed by atoms with Gasteiger partial charge in [-0.15, -0.1) is 0 Å².